The van der Waals surface area contributed by atoms with Crippen molar-refractivity contribution < 1.29 is 18.5 Å². The van der Waals surface area contributed by atoms with E-state index in [1.807, 2.05) is 12.0 Å². The van der Waals surface area contributed by atoms with Crippen LogP contribution >= 0.6 is 47.3 Å². The van der Waals surface area contributed by atoms with Crippen LogP contribution in [0.4, 0.5) is 0 Å². The number of ether oxygens (including phenoxy) is 1. The van der Waals surface area contributed by atoms with E-state index >= 15 is 0 Å². The van der Waals surface area contributed by atoms with Crippen molar-refractivity contribution in [2.45, 2.75) is 124 Å². The molecule has 0 aromatic heterocycles. The molecular weight excluding hydrogens is 769 g/mol. The van der Waals surface area contributed by atoms with Gasteiger partial charge in [-0.2, -0.15) is 23.5 Å². The Hall–Kier alpha value is 0.500. The first kappa shape index (κ1) is 37.1. The second kappa shape index (κ2) is 14.0. The van der Waals surface area contributed by atoms with Gasteiger partial charge in [-0.05, 0) is 238 Å². The highest BCUT2D eigenvalue weighted by atomic mass is 32.2. The Morgan fingerprint density at radius 3 is 1.80 bits per heavy atom. The van der Waals surface area contributed by atoms with Gasteiger partial charge in [-0.3, -0.25) is 9.59 Å². The van der Waals surface area contributed by atoms with E-state index in [1.165, 1.54) is 77.0 Å². The number of esters is 1. The molecule has 4 nitrogen and oxygen atoms in total. The molecule has 0 N–H and O–H groups in total. The third-order valence-electron chi connectivity index (χ3n) is 21.6. The van der Waals surface area contributed by atoms with Crippen molar-refractivity contribution in [2.24, 2.45) is 130 Å². The molecule has 0 aliphatic heterocycles. The first-order valence-corrected chi connectivity index (χ1v) is 28.2. The molecule has 0 heterocycles. The van der Waals surface area contributed by atoms with Crippen LogP contribution in [0, 0.1) is 130 Å². The smallest absolute Gasteiger partial charge is 0.306 e. The molecule has 26 unspecified atom stereocenters. The molecule has 13 aliphatic rings. The quantitative estimate of drug-likeness (QED) is 0.109. The zero-order chi connectivity index (χ0) is 37.1. The lowest BCUT2D eigenvalue weighted by Gasteiger charge is -2.43. The largest absolute Gasteiger partial charge is 0.465 e. The van der Waals surface area contributed by atoms with Gasteiger partial charge in [0.15, 0.2) is 5.12 Å². The van der Waals surface area contributed by atoms with E-state index in [0.717, 1.165) is 152 Å². The van der Waals surface area contributed by atoms with Crippen molar-refractivity contribution in [1.82, 2.24) is 0 Å². The highest BCUT2D eigenvalue weighted by Gasteiger charge is 2.70. The molecule has 0 saturated heterocycles. The molecule has 13 aliphatic carbocycles. The maximum absolute atomic E-state index is 13.0. The number of fused-ring (bicyclic) bond motifs is 29. The van der Waals surface area contributed by atoms with Gasteiger partial charge in [0.2, 0.25) is 0 Å². The van der Waals surface area contributed by atoms with E-state index in [1.54, 1.807) is 31.5 Å². The topological polar surface area (TPSA) is 52.6 Å². The van der Waals surface area contributed by atoms with Gasteiger partial charge < -0.3 is 8.92 Å². The van der Waals surface area contributed by atoms with E-state index < -0.39 is 0 Å². The molecule has 56 heavy (non-hydrogen) atoms. The Morgan fingerprint density at radius 2 is 1.12 bits per heavy atom. The lowest BCUT2D eigenvalue weighted by atomic mass is 9.64. The molecule has 8 heteroatoms. The maximum atomic E-state index is 13.0. The van der Waals surface area contributed by atoms with Crippen LogP contribution in [-0.2, 0) is 18.5 Å². The fourth-order valence-electron chi connectivity index (χ4n) is 20.7. The van der Waals surface area contributed by atoms with Crippen molar-refractivity contribution in [2.75, 3.05) is 25.2 Å². The predicted octanol–water partition coefficient (Wildman–Crippen LogP) is 10.6. The van der Waals surface area contributed by atoms with E-state index in [0.29, 0.717) is 29.3 Å². The lowest BCUT2D eigenvalue weighted by molar-refractivity contribution is -0.145. The van der Waals surface area contributed by atoms with Gasteiger partial charge in [0, 0.05) is 33.7 Å². The summed E-state index contributed by atoms with van der Waals surface area (Å²) in [7, 11) is 0. The van der Waals surface area contributed by atoms with Crippen molar-refractivity contribution in [1.29, 1.82) is 0 Å². The predicted molar refractivity (Wildman–Crippen MR) is 230 cm³/mol. The summed E-state index contributed by atoms with van der Waals surface area (Å²) in [6.45, 7) is 3.42. The number of rotatable bonds is 12. The number of hydrogen-bond acceptors (Lipinski definition) is 8. The minimum absolute atomic E-state index is 0.0793. The first-order valence-electron chi connectivity index (χ1n) is 24.1. The van der Waals surface area contributed by atoms with Crippen LogP contribution in [0.2, 0.25) is 0 Å². The third-order valence-corrected chi connectivity index (χ3v) is 26.2. The molecule has 26 atom stereocenters. The summed E-state index contributed by atoms with van der Waals surface area (Å²) in [5.74, 6) is 21.9. The van der Waals surface area contributed by atoms with Gasteiger partial charge in [-0.15, -0.1) is 0 Å². The van der Waals surface area contributed by atoms with Crippen LogP contribution in [0.15, 0.2) is 0 Å². The van der Waals surface area contributed by atoms with Gasteiger partial charge >= 0.3 is 5.97 Å². The first-order chi connectivity index (χ1) is 27.4. The second-order valence-corrected chi connectivity index (χ2v) is 28.0. The molecule has 0 aromatic rings. The standard InChI is InChI=1S/C48H68O4S4/c1-21(49)55-28-15-34-35(16-28)39-18-37(34)46-25-10-41(48(39)46)43(12-25)56-52-19-22-5-29-23-7-26(30(8-23)31(29)6-22)20-51-44(50)3-4-54-27-13-32-33(14-27)38-17-36(32)45-24-9-40(47(38)45)42(11-24)53-2/h22-43,45-48H,3-20H2,1-2H3. The summed E-state index contributed by atoms with van der Waals surface area (Å²) in [6, 6.07) is 0. The molecule has 13 fully saturated rings. The van der Waals surface area contributed by atoms with Crippen LogP contribution in [0.5, 0.6) is 0 Å². The average molecular weight is 837 g/mol. The minimum atomic E-state index is 0.0793. The van der Waals surface area contributed by atoms with Crippen LogP contribution < -0.4 is 0 Å². The van der Waals surface area contributed by atoms with Gasteiger partial charge in [0.05, 0.1) is 19.6 Å². The number of carbonyl (C=O) groups excluding carboxylic acids is 2. The van der Waals surface area contributed by atoms with E-state index in [9.17, 15) is 9.59 Å². The summed E-state index contributed by atoms with van der Waals surface area (Å²) in [5, 5.41) is 3.44. The lowest BCUT2D eigenvalue weighted by Crippen LogP contribution is -2.39. The van der Waals surface area contributed by atoms with Crippen LogP contribution in [0.3, 0.4) is 0 Å². The molecule has 0 radical (unpaired) electrons. The summed E-state index contributed by atoms with van der Waals surface area (Å²) in [5.41, 5.74) is 0. The van der Waals surface area contributed by atoms with Crippen molar-refractivity contribution in [3.63, 3.8) is 0 Å². The Balaban J connectivity index is 0.538. The zero-order valence-corrected chi connectivity index (χ0v) is 37.3. The summed E-state index contributed by atoms with van der Waals surface area (Å²) in [4.78, 5) is 24.9. The molecule has 13 rings (SSSR count). The molecule has 0 spiro atoms. The second-order valence-electron chi connectivity index (χ2n) is 23.0. The van der Waals surface area contributed by atoms with Gasteiger partial charge in [0.1, 0.15) is 0 Å². The van der Waals surface area contributed by atoms with Crippen LogP contribution in [0.1, 0.15) is 103 Å². The van der Waals surface area contributed by atoms with Gasteiger partial charge in [-0.1, -0.05) is 11.8 Å². The van der Waals surface area contributed by atoms with E-state index in [-0.39, 0.29) is 5.97 Å². The molecule has 13 saturated carbocycles. The average Bonchev–Trinajstić information content (AvgIpc) is 4.00. The fraction of sp³-hybridized carbons (Fsp3) is 0.958. The molecule has 308 valence electrons. The van der Waals surface area contributed by atoms with E-state index in [4.69, 9.17) is 8.92 Å². The van der Waals surface area contributed by atoms with Gasteiger partial charge in [-0.25, -0.2) is 0 Å². The highest BCUT2D eigenvalue weighted by Crippen LogP contribution is 2.76. The maximum Gasteiger partial charge on any atom is 0.306 e. The Bertz CT molecular complexity index is 1590. The van der Waals surface area contributed by atoms with Crippen molar-refractivity contribution in [3.8, 4) is 0 Å². The SMILES string of the molecule is CSC1CC2CC1C1C3CC(C4CC(SCCC(=O)OCC5CC6CC5C5CC(COSC7CC8CC7C7C9CC(C%10CC(SC(C)=O)CC%109)C87)CC65)CC43)C21. The molecular formula is C48H68O4S4. The summed E-state index contributed by atoms with van der Waals surface area (Å²) >= 11 is 7.90. The Morgan fingerprint density at radius 1 is 0.536 bits per heavy atom. The molecule has 0 amide bonds. The Kier molecular flexibility index (Phi) is 9.27. The zero-order valence-electron chi connectivity index (χ0n) is 34.0. The Labute approximate surface area is 354 Å². The highest BCUT2D eigenvalue weighted by molar-refractivity contribution is 8.14. The minimum Gasteiger partial charge on any atom is -0.465 e. The fourth-order valence-corrected chi connectivity index (χ4v) is 25.5. The van der Waals surface area contributed by atoms with Crippen molar-refractivity contribution in [3.05, 3.63) is 0 Å². The molecule has 10 bridgehead atoms. The molecule has 0 aromatic carbocycles. The van der Waals surface area contributed by atoms with Crippen LogP contribution in [-0.4, -0.2) is 57.3 Å². The monoisotopic (exact) mass is 836 g/mol. The van der Waals surface area contributed by atoms with Gasteiger partial charge in [0.25, 0.3) is 0 Å². The van der Waals surface area contributed by atoms with Crippen molar-refractivity contribution >= 4 is 58.4 Å². The third kappa shape index (κ3) is 5.56. The normalized spacial score (nSPS) is 59.0. The number of carbonyl (C=O) groups is 2. The van der Waals surface area contributed by atoms with E-state index in [2.05, 4.69) is 29.8 Å². The number of thioether (sulfide) groups is 3. The number of hydrogen-bond donors (Lipinski definition) is 0. The summed E-state index contributed by atoms with van der Waals surface area (Å²) in [6.07, 6.45) is 23.1. The summed E-state index contributed by atoms with van der Waals surface area (Å²) < 4.78 is 12.7. The van der Waals surface area contributed by atoms with Crippen LogP contribution in [0.25, 0.3) is 0 Å².